The average molecular weight is 865 g/mol. The first-order valence-electron chi connectivity index (χ1n) is 24.5. The molecular formula is C67H60. The van der Waals surface area contributed by atoms with Gasteiger partial charge in [-0.25, -0.2) is 0 Å². The molecule has 0 spiro atoms. The average Bonchev–Trinajstić information content (AvgIpc) is 3.36. The maximum absolute atomic E-state index is 2.64. The summed E-state index contributed by atoms with van der Waals surface area (Å²) in [5.74, 6) is 0.618. The van der Waals surface area contributed by atoms with Gasteiger partial charge in [0.05, 0.1) is 5.41 Å². The topological polar surface area (TPSA) is 0 Å². The summed E-state index contributed by atoms with van der Waals surface area (Å²) >= 11 is 0. The first-order valence-corrected chi connectivity index (χ1v) is 24.5. The molecule has 9 aromatic carbocycles. The molecule has 0 radical (unpaired) electrons. The molecule has 328 valence electrons. The van der Waals surface area contributed by atoms with Gasteiger partial charge in [-0.05, 0) is 152 Å². The molecule has 67 heavy (non-hydrogen) atoms. The van der Waals surface area contributed by atoms with Crippen molar-refractivity contribution in [2.24, 2.45) is 11.8 Å². The number of hydrogen-bond acceptors (Lipinski definition) is 0. The van der Waals surface area contributed by atoms with Crippen LogP contribution in [-0.4, -0.2) is 0 Å². The van der Waals surface area contributed by atoms with Gasteiger partial charge in [-0.15, -0.1) is 0 Å². The summed E-state index contributed by atoms with van der Waals surface area (Å²) < 4.78 is 0. The number of benzene rings is 9. The van der Waals surface area contributed by atoms with E-state index < -0.39 is 5.41 Å². The number of hydrogen-bond donors (Lipinski definition) is 0. The minimum absolute atomic E-state index is 0.102. The van der Waals surface area contributed by atoms with Crippen molar-refractivity contribution >= 4 is 37.9 Å². The van der Waals surface area contributed by atoms with E-state index in [4.69, 9.17) is 0 Å². The van der Waals surface area contributed by atoms with Crippen molar-refractivity contribution < 1.29 is 0 Å². The van der Waals surface area contributed by atoms with Gasteiger partial charge in [-0.2, -0.15) is 0 Å². The third-order valence-corrected chi connectivity index (χ3v) is 17.3. The Bertz CT molecular complexity index is 3410. The molecule has 0 aliphatic heterocycles. The summed E-state index contributed by atoms with van der Waals surface area (Å²) in [6.45, 7) is 19.8. The quantitative estimate of drug-likeness (QED) is 0.119. The summed E-state index contributed by atoms with van der Waals surface area (Å²) in [5, 5.41) is 8.14. The zero-order valence-corrected chi connectivity index (χ0v) is 40.3. The van der Waals surface area contributed by atoms with Crippen molar-refractivity contribution in [3.05, 3.63) is 267 Å². The van der Waals surface area contributed by atoms with Gasteiger partial charge >= 0.3 is 0 Å². The fourth-order valence-electron chi connectivity index (χ4n) is 13.6. The van der Waals surface area contributed by atoms with Crippen molar-refractivity contribution in [3.8, 4) is 0 Å². The van der Waals surface area contributed by atoms with E-state index in [0.717, 1.165) is 0 Å². The highest BCUT2D eigenvalue weighted by atomic mass is 14.5. The van der Waals surface area contributed by atoms with E-state index in [1.165, 1.54) is 99.1 Å². The van der Waals surface area contributed by atoms with E-state index in [1.54, 1.807) is 0 Å². The van der Waals surface area contributed by atoms with Crippen molar-refractivity contribution in [1.82, 2.24) is 0 Å². The van der Waals surface area contributed by atoms with Gasteiger partial charge in [0, 0.05) is 10.8 Å². The van der Waals surface area contributed by atoms with E-state index >= 15 is 0 Å². The third-order valence-electron chi connectivity index (χ3n) is 17.3. The van der Waals surface area contributed by atoms with Gasteiger partial charge in [0.25, 0.3) is 0 Å². The first kappa shape index (κ1) is 41.7. The molecule has 0 saturated heterocycles. The molecule has 9 aromatic rings. The van der Waals surface area contributed by atoms with E-state index in [1.807, 2.05) is 0 Å². The molecule has 12 rings (SSSR count). The van der Waals surface area contributed by atoms with Gasteiger partial charge in [0.1, 0.15) is 0 Å². The van der Waals surface area contributed by atoms with Crippen LogP contribution in [-0.2, 0) is 27.1 Å². The molecule has 0 aromatic heterocycles. The maximum atomic E-state index is 2.64. The Hall–Kier alpha value is -6.76. The number of allylic oxidation sites excluding steroid dienone is 4. The van der Waals surface area contributed by atoms with Gasteiger partial charge in [0.15, 0.2) is 0 Å². The van der Waals surface area contributed by atoms with Crippen LogP contribution in [0, 0.1) is 11.8 Å². The second kappa shape index (κ2) is 14.6. The lowest BCUT2D eigenvalue weighted by Crippen LogP contribution is -2.48. The van der Waals surface area contributed by atoms with Gasteiger partial charge in [-0.1, -0.05) is 231 Å². The second-order valence-electron chi connectivity index (χ2n) is 22.1. The van der Waals surface area contributed by atoms with Crippen LogP contribution in [0.15, 0.2) is 206 Å². The van der Waals surface area contributed by atoms with E-state index in [0.29, 0.717) is 5.92 Å². The molecule has 0 heterocycles. The Morgan fingerprint density at radius 3 is 1.19 bits per heavy atom. The maximum Gasteiger partial charge on any atom is 0.0701 e. The Morgan fingerprint density at radius 2 is 0.716 bits per heavy atom. The van der Waals surface area contributed by atoms with E-state index in [9.17, 15) is 0 Å². The Labute approximate surface area is 397 Å². The molecule has 0 saturated carbocycles. The van der Waals surface area contributed by atoms with Crippen LogP contribution < -0.4 is 0 Å². The molecule has 2 unspecified atom stereocenters. The van der Waals surface area contributed by atoms with E-state index in [2.05, 4.69) is 262 Å². The highest BCUT2D eigenvalue weighted by molar-refractivity contribution is 6.26. The standard InChI is InChI=1S/C67H60/c1-63(2)55-33-20-21-34-56(55)64(3,4)61-41-53-51(39-59(61)63)49-31-18-19-32-50(49)52-40-60-62(42-54(52)53)66(7,8)58-38-44(35-36-57(58)65(60,5)6)43-23-22-30-48(37-43)67(45-24-12-9-13-25-45,46-26-14-10-15-27-46)47-28-16-11-17-29-47/h9-42,57-58H,1-8H3. The highest BCUT2D eigenvalue weighted by Gasteiger charge is 2.51. The molecule has 3 aliphatic carbocycles. The highest BCUT2D eigenvalue weighted by Crippen LogP contribution is 2.58. The lowest BCUT2D eigenvalue weighted by atomic mass is 9.51. The zero-order chi connectivity index (χ0) is 46.1. The Balaban J connectivity index is 1.04. The summed E-state index contributed by atoms with van der Waals surface area (Å²) in [5.41, 5.74) is 15.3. The largest absolute Gasteiger partial charge is 0.0793 e. The molecule has 0 fully saturated rings. The monoisotopic (exact) mass is 864 g/mol. The lowest BCUT2D eigenvalue weighted by molar-refractivity contribution is 0.191. The predicted octanol–water partition coefficient (Wildman–Crippen LogP) is 16.9. The normalized spacial score (nSPS) is 19.6. The predicted molar refractivity (Wildman–Crippen MR) is 285 cm³/mol. The summed E-state index contributed by atoms with van der Waals surface area (Å²) in [7, 11) is 0. The summed E-state index contributed by atoms with van der Waals surface area (Å²) in [6, 6.07) is 71.4. The third kappa shape index (κ3) is 5.84. The number of fused-ring (bicyclic) bond motifs is 10. The zero-order valence-electron chi connectivity index (χ0n) is 40.3. The van der Waals surface area contributed by atoms with Crippen LogP contribution in [0.2, 0.25) is 0 Å². The minimum atomic E-state index is -0.506. The summed E-state index contributed by atoms with van der Waals surface area (Å²) in [6.07, 6.45) is 7.64. The second-order valence-corrected chi connectivity index (χ2v) is 22.1. The SMILES string of the molecule is CC1(C)c2ccccc2C(C)(C)c2cc3c(cc21)c1ccccc1c1cc2c(cc31)C(C)(C)C1C=C(c3cccc(C(c4ccccc4)(c4ccccc4)c4ccccc4)c3)C=CC1C2(C)C. The fraction of sp³-hybridized carbons (Fsp3) is 0.224. The molecular weight excluding hydrogens is 805 g/mol. The Kier molecular flexibility index (Phi) is 9.09. The molecule has 3 aliphatic rings. The molecule has 0 N–H and O–H groups in total. The van der Waals surface area contributed by atoms with Crippen LogP contribution in [0.4, 0.5) is 0 Å². The number of rotatable bonds is 5. The van der Waals surface area contributed by atoms with E-state index in [-0.39, 0.29) is 27.6 Å². The van der Waals surface area contributed by atoms with Crippen molar-refractivity contribution in [2.75, 3.05) is 0 Å². The van der Waals surface area contributed by atoms with Crippen molar-refractivity contribution in [3.63, 3.8) is 0 Å². The van der Waals surface area contributed by atoms with Gasteiger partial charge < -0.3 is 0 Å². The molecule has 2 atom stereocenters. The van der Waals surface area contributed by atoms with Crippen LogP contribution in [0.5, 0.6) is 0 Å². The fourth-order valence-corrected chi connectivity index (χ4v) is 13.6. The minimum Gasteiger partial charge on any atom is -0.0793 e. The van der Waals surface area contributed by atoms with Crippen LogP contribution in [0.25, 0.3) is 37.9 Å². The molecule has 0 heteroatoms. The molecule has 0 bridgehead atoms. The van der Waals surface area contributed by atoms with Crippen LogP contribution >= 0.6 is 0 Å². The van der Waals surface area contributed by atoms with Gasteiger partial charge in [-0.3, -0.25) is 0 Å². The molecule has 0 nitrogen and oxygen atoms in total. The lowest BCUT2D eigenvalue weighted by Gasteiger charge is -2.53. The molecule has 0 amide bonds. The van der Waals surface area contributed by atoms with Crippen molar-refractivity contribution in [1.29, 1.82) is 0 Å². The van der Waals surface area contributed by atoms with Crippen LogP contribution in [0.3, 0.4) is 0 Å². The Morgan fingerprint density at radius 1 is 0.328 bits per heavy atom. The smallest absolute Gasteiger partial charge is 0.0701 e. The van der Waals surface area contributed by atoms with Crippen molar-refractivity contribution in [2.45, 2.75) is 82.5 Å². The summed E-state index contributed by atoms with van der Waals surface area (Å²) in [4.78, 5) is 0. The first-order chi connectivity index (χ1) is 32.2. The van der Waals surface area contributed by atoms with Crippen LogP contribution in [0.1, 0.15) is 117 Å². The van der Waals surface area contributed by atoms with Gasteiger partial charge in [0.2, 0.25) is 0 Å².